The summed E-state index contributed by atoms with van der Waals surface area (Å²) >= 11 is 0. The second-order valence-corrected chi connectivity index (χ2v) is 7.02. The summed E-state index contributed by atoms with van der Waals surface area (Å²) in [5.41, 5.74) is 5.38. The minimum atomic E-state index is -3.24. The Morgan fingerprint density at radius 3 is 2.59 bits per heavy atom. The Hall–Kier alpha value is -0.950. The molecule has 1 unspecified atom stereocenters. The fraction of sp³-hybridized carbons (Fsp3) is 0.800. The number of rotatable bonds is 6. The van der Waals surface area contributed by atoms with Crippen LogP contribution in [0.15, 0.2) is 6.33 Å². The zero-order valence-electron chi connectivity index (χ0n) is 10.5. The van der Waals surface area contributed by atoms with Gasteiger partial charge in [-0.3, -0.25) is 0 Å². The van der Waals surface area contributed by atoms with Gasteiger partial charge in [0.1, 0.15) is 17.9 Å². The molecule has 0 aliphatic rings. The minimum Gasteiger partial charge on any atom is -0.329 e. The summed E-state index contributed by atoms with van der Waals surface area (Å²) in [6, 6.07) is 0. The lowest BCUT2D eigenvalue weighted by molar-refractivity contribution is 0.469. The number of aromatic nitrogens is 3. The predicted molar refractivity (Wildman–Crippen MR) is 66.0 cm³/mol. The fourth-order valence-corrected chi connectivity index (χ4v) is 2.53. The Bertz CT molecular complexity index is 453. The maximum absolute atomic E-state index is 11.9. The summed E-state index contributed by atoms with van der Waals surface area (Å²) in [5.74, 6) is 0.780. The van der Waals surface area contributed by atoms with Gasteiger partial charge in [-0.2, -0.15) is 5.10 Å². The van der Waals surface area contributed by atoms with E-state index in [1.54, 1.807) is 11.6 Å². The third-order valence-electron chi connectivity index (χ3n) is 2.51. The Kier molecular flexibility index (Phi) is 4.64. The average Bonchev–Trinajstić information content (AvgIpc) is 2.63. The number of nitrogens with two attached hydrogens (primary N) is 1. The largest absolute Gasteiger partial charge is 0.329 e. The molecule has 98 valence electrons. The molecule has 0 saturated heterocycles. The quantitative estimate of drug-likeness (QED) is 0.788. The smallest absolute Gasteiger partial charge is 0.161 e. The first kappa shape index (κ1) is 14.1. The van der Waals surface area contributed by atoms with Crippen molar-refractivity contribution in [3.63, 3.8) is 0 Å². The number of nitrogens with zero attached hydrogens (tertiary/aromatic N) is 3. The van der Waals surface area contributed by atoms with Gasteiger partial charge in [0.25, 0.3) is 0 Å². The maximum Gasteiger partial charge on any atom is 0.161 e. The zero-order valence-corrected chi connectivity index (χ0v) is 11.3. The topological polar surface area (TPSA) is 90.9 Å². The molecule has 0 saturated carbocycles. The van der Waals surface area contributed by atoms with Gasteiger partial charge in [-0.05, 0) is 12.8 Å². The zero-order chi connectivity index (χ0) is 13.1. The monoisotopic (exact) mass is 260 g/mol. The van der Waals surface area contributed by atoms with E-state index in [2.05, 4.69) is 10.1 Å². The van der Waals surface area contributed by atoms with Gasteiger partial charge in [0, 0.05) is 13.1 Å². The normalized spacial score (nSPS) is 14.2. The van der Waals surface area contributed by atoms with Gasteiger partial charge in [-0.15, -0.1) is 0 Å². The molecular weight excluding hydrogens is 240 g/mol. The van der Waals surface area contributed by atoms with E-state index in [0.29, 0.717) is 18.3 Å². The first-order valence-electron chi connectivity index (χ1n) is 5.65. The van der Waals surface area contributed by atoms with Crippen LogP contribution in [0.3, 0.4) is 0 Å². The van der Waals surface area contributed by atoms with Crippen molar-refractivity contribution in [2.24, 2.45) is 11.7 Å². The van der Waals surface area contributed by atoms with E-state index >= 15 is 0 Å². The molecule has 0 radical (unpaired) electrons. The van der Waals surface area contributed by atoms with Gasteiger partial charge < -0.3 is 5.73 Å². The van der Waals surface area contributed by atoms with E-state index in [4.69, 9.17) is 5.73 Å². The highest BCUT2D eigenvalue weighted by atomic mass is 32.2. The van der Waals surface area contributed by atoms with Gasteiger partial charge in [-0.1, -0.05) is 13.8 Å². The molecule has 0 bridgehead atoms. The average molecular weight is 260 g/mol. The Labute approximate surface area is 102 Å². The molecule has 1 heterocycles. The molecule has 1 atom stereocenters. The van der Waals surface area contributed by atoms with Crippen molar-refractivity contribution >= 4 is 9.84 Å². The van der Waals surface area contributed by atoms with Crippen molar-refractivity contribution in [1.82, 2.24) is 14.8 Å². The summed E-state index contributed by atoms with van der Waals surface area (Å²) in [6.07, 6.45) is 1.39. The van der Waals surface area contributed by atoms with Crippen LogP contribution in [0.5, 0.6) is 0 Å². The van der Waals surface area contributed by atoms with Crippen molar-refractivity contribution in [3.8, 4) is 0 Å². The summed E-state index contributed by atoms with van der Waals surface area (Å²) in [5, 5.41) is 3.49. The van der Waals surface area contributed by atoms with E-state index < -0.39 is 15.1 Å². The molecule has 7 heteroatoms. The molecule has 1 aromatic rings. The van der Waals surface area contributed by atoms with Crippen molar-refractivity contribution in [1.29, 1.82) is 0 Å². The lowest BCUT2D eigenvalue weighted by Gasteiger charge is -2.12. The van der Waals surface area contributed by atoms with E-state index in [0.717, 1.165) is 0 Å². The number of sulfone groups is 1. The van der Waals surface area contributed by atoms with Gasteiger partial charge in [-0.25, -0.2) is 18.1 Å². The van der Waals surface area contributed by atoms with Crippen LogP contribution in [0.2, 0.25) is 0 Å². The van der Waals surface area contributed by atoms with Crippen LogP contribution in [-0.4, -0.2) is 35.0 Å². The van der Waals surface area contributed by atoms with E-state index in [1.165, 1.54) is 6.33 Å². The van der Waals surface area contributed by atoms with Crippen LogP contribution in [0.1, 0.15) is 26.6 Å². The minimum absolute atomic E-state index is 0.0991. The van der Waals surface area contributed by atoms with E-state index in [-0.39, 0.29) is 12.3 Å². The highest BCUT2D eigenvalue weighted by Crippen LogP contribution is 2.09. The SMILES string of the molecule is CC(C)Cn1ncnc1CS(=O)(=O)C(C)CN. The molecular formula is C10H20N4O2S. The van der Waals surface area contributed by atoms with E-state index in [9.17, 15) is 8.42 Å². The van der Waals surface area contributed by atoms with Crippen LogP contribution in [0, 0.1) is 5.92 Å². The van der Waals surface area contributed by atoms with Gasteiger partial charge in [0.05, 0.1) is 5.25 Å². The Morgan fingerprint density at radius 2 is 2.06 bits per heavy atom. The maximum atomic E-state index is 11.9. The second kappa shape index (κ2) is 5.59. The van der Waals surface area contributed by atoms with Crippen molar-refractivity contribution in [2.45, 2.75) is 38.3 Å². The molecule has 17 heavy (non-hydrogen) atoms. The van der Waals surface area contributed by atoms with Gasteiger partial charge >= 0.3 is 0 Å². The standard InChI is InChI=1S/C10H20N4O2S/c1-8(2)5-14-10(12-7-13-14)6-17(15,16)9(3)4-11/h7-9H,4-6,11H2,1-3H3. The van der Waals surface area contributed by atoms with Crippen LogP contribution in [0.25, 0.3) is 0 Å². The summed E-state index contributed by atoms with van der Waals surface area (Å²) in [6.45, 7) is 6.49. The highest BCUT2D eigenvalue weighted by Gasteiger charge is 2.22. The molecule has 0 aliphatic heterocycles. The molecule has 0 spiro atoms. The lowest BCUT2D eigenvalue weighted by atomic mass is 10.2. The van der Waals surface area contributed by atoms with Crippen molar-refractivity contribution in [2.75, 3.05) is 6.54 Å². The highest BCUT2D eigenvalue weighted by molar-refractivity contribution is 7.91. The van der Waals surface area contributed by atoms with Crippen molar-refractivity contribution < 1.29 is 8.42 Å². The Morgan fingerprint density at radius 1 is 1.41 bits per heavy atom. The summed E-state index contributed by atoms with van der Waals surface area (Å²) in [7, 11) is -3.24. The van der Waals surface area contributed by atoms with Crippen LogP contribution in [-0.2, 0) is 22.1 Å². The molecule has 2 N–H and O–H groups in total. The first-order valence-corrected chi connectivity index (χ1v) is 7.36. The fourth-order valence-electron chi connectivity index (χ4n) is 1.37. The number of hydrogen-bond acceptors (Lipinski definition) is 5. The summed E-state index contributed by atoms with van der Waals surface area (Å²) in [4.78, 5) is 4.00. The van der Waals surface area contributed by atoms with Gasteiger partial charge in [0.2, 0.25) is 0 Å². The van der Waals surface area contributed by atoms with Gasteiger partial charge in [0.15, 0.2) is 9.84 Å². The Balaban J connectivity index is 2.85. The molecule has 6 nitrogen and oxygen atoms in total. The number of hydrogen-bond donors (Lipinski definition) is 1. The van der Waals surface area contributed by atoms with Crippen LogP contribution in [0.4, 0.5) is 0 Å². The second-order valence-electron chi connectivity index (χ2n) is 4.61. The molecule has 1 aromatic heterocycles. The predicted octanol–water partition coefficient (Wildman–Crippen LogP) is 0.196. The third-order valence-corrected chi connectivity index (χ3v) is 4.59. The van der Waals surface area contributed by atoms with E-state index in [1.807, 2.05) is 13.8 Å². The van der Waals surface area contributed by atoms with Crippen LogP contribution >= 0.6 is 0 Å². The molecule has 0 amide bonds. The molecule has 0 aromatic carbocycles. The van der Waals surface area contributed by atoms with Crippen molar-refractivity contribution in [3.05, 3.63) is 12.2 Å². The molecule has 0 aliphatic carbocycles. The lowest BCUT2D eigenvalue weighted by Crippen LogP contribution is -2.29. The molecule has 0 fully saturated rings. The first-order chi connectivity index (χ1) is 7.86. The van der Waals surface area contributed by atoms with Crippen LogP contribution < -0.4 is 5.73 Å². The molecule has 1 rings (SSSR count). The summed E-state index contributed by atoms with van der Waals surface area (Å²) < 4.78 is 25.5. The third kappa shape index (κ3) is 3.78.